The van der Waals surface area contributed by atoms with E-state index in [0.29, 0.717) is 21.2 Å². The highest BCUT2D eigenvalue weighted by molar-refractivity contribution is 8.00. The molecule has 1 aromatic heterocycles. The van der Waals surface area contributed by atoms with Gasteiger partial charge in [0.2, 0.25) is 0 Å². The number of hydrogen-bond donors (Lipinski definition) is 1. The number of halogens is 1. The van der Waals surface area contributed by atoms with Gasteiger partial charge in [-0.25, -0.2) is 4.79 Å². The summed E-state index contributed by atoms with van der Waals surface area (Å²) in [4.78, 5) is 24.2. The molecule has 0 unspecified atom stereocenters. The number of ether oxygens (including phenoxy) is 1. The summed E-state index contributed by atoms with van der Waals surface area (Å²) in [6.07, 6.45) is 1.88. The van der Waals surface area contributed by atoms with Crippen LogP contribution in [0, 0.1) is 0 Å². The number of nitrogens with one attached hydrogen (secondary N) is 1. The molecule has 1 heterocycles. The van der Waals surface area contributed by atoms with Gasteiger partial charge < -0.3 is 10.1 Å². The van der Waals surface area contributed by atoms with Crippen molar-refractivity contribution in [2.24, 2.45) is 0 Å². The lowest BCUT2D eigenvalue weighted by molar-refractivity contribution is 0.0606. The van der Waals surface area contributed by atoms with Gasteiger partial charge in [0.15, 0.2) is 0 Å². The predicted molar refractivity (Wildman–Crippen MR) is 86.8 cm³/mol. The van der Waals surface area contributed by atoms with Crippen LogP contribution < -0.4 is 5.32 Å². The molecule has 0 radical (unpaired) electrons. The van der Waals surface area contributed by atoms with Crippen LogP contribution in [0.25, 0.3) is 0 Å². The van der Waals surface area contributed by atoms with Crippen LogP contribution in [-0.2, 0) is 4.74 Å². The number of anilines is 1. The molecule has 21 heavy (non-hydrogen) atoms. The molecule has 2 aromatic rings. The van der Waals surface area contributed by atoms with E-state index < -0.39 is 5.97 Å². The number of thiophene rings is 1. The molecule has 2 rings (SSSR count). The summed E-state index contributed by atoms with van der Waals surface area (Å²) in [6, 6.07) is 8.21. The molecule has 0 bridgehead atoms. The first kappa shape index (κ1) is 15.9. The maximum atomic E-state index is 12.2. The molecule has 1 aromatic carbocycles. The Morgan fingerprint density at radius 2 is 1.95 bits per heavy atom. The molecule has 1 N–H and O–H groups in total. The molecule has 0 aliphatic heterocycles. The van der Waals surface area contributed by atoms with Crippen LogP contribution in [0.1, 0.15) is 20.0 Å². The quantitative estimate of drug-likeness (QED) is 0.670. The lowest BCUT2D eigenvalue weighted by Crippen LogP contribution is -2.11. The molecule has 1 amide bonds. The molecule has 7 heteroatoms. The van der Waals surface area contributed by atoms with Crippen LogP contribution in [0.3, 0.4) is 0 Å². The Bertz CT molecular complexity index is 667. The Kier molecular flexibility index (Phi) is 5.27. The minimum atomic E-state index is -0.415. The summed E-state index contributed by atoms with van der Waals surface area (Å²) >= 11 is 8.54. The second-order valence-electron chi connectivity index (χ2n) is 3.97. The van der Waals surface area contributed by atoms with Gasteiger partial charge in [0.25, 0.3) is 5.91 Å². The van der Waals surface area contributed by atoms with Gasteiger partial charge in [0, 0.05) is 10.6 Å². The number of carbonyl (C=O) groups excluding carboxylic acids is 2. The van der Waals surface area contributed by atoms with E-state index >= 15 is 0 Å². The molecule has 110 valence electrons. The average Bonchev–Trinajstić information content (AvgIpc) is 2.90. The van der Waals surface area contributed by atoms with Crippen LogP contribution in [0.15, 0.2) is 34.5 Å². The summed E-state index contributed by atoms with van der Waals surface area (Å²) in [5.41, 5.74) is 1.10. The maximum Gasteiger partial charge on any atom is 0.348 e. The fourth-order valence-electron chi connectivity index (χ4n) is 1.61. The average molecular weight is 342 g/mol. The van der Waals surface area contributed by atoms with E-state index in [-0.39, 0.29) is 5.91 Å². The van der Waals surface area contributed by atoms with Crippen molar-refractivity contribution in [3.8, 4) is 0 Å². The fraction of sp³-hybridized carbons (Fsp3) is 0.143. The summed E-state index contributed by atoms with van der Waals surface area (Å²) < 4.78 is 5.53. The normalized spacial score (nSPS) is 10.2. The third kappa shape index (κ3) is 3.78. The summed E-state index contributed by atoms with van der Waals surface area (Å²) in [7, 11) is 1.33. The number of amides is 1. The molecule has 0 fully saturated rings. The molecule has 4 nitrogen and oxygen atoms in total. The van der Waals surface area contributed by atoms with Crippen LogP contribution in [0.5, 0.6) is 0 Å². The van der Waals surface area contributed by atoms with Crippen molar-refractivity contribution in [2.45, 2.75) is 4.21 Å². The van der Waals surface area contributed by atoms with Gasteiger partial charge in [0.1, 0.15) is 4.88 Å². The van der Waals surface area contributed by atoms with E-state index in [9.17, 15) is 9.59 Å². The molecule has 0 atom stereocenters. The number of esters is 1. The van der Waals surface area contributed by atoms with Crippen LogP contribution in [0.2, 0.25) is 5.02 Å². The van der Waals surface area contributed by atoms with Crippen LogP contribution >= 0.6 is 34.7 Å². The standard InChI is InChI=1S/C14H12ClNO3S2/c1-19-13(18)11-7-10(14(20-2)21-11)16-12(17)8-3-5-9(15)6-4-8/h3-7H,1-2H3,(H,16,17). The van der Waals surface area contributed by atoms with Gasteiger partial charge in [-0.3, -0.25) is 4.79 Å². The summed E-state index contributed by atoms with van der Waals surface area (Å²) in [6.45, 7) is 0. The van der Waals surface area contributed by atoms with E-state index in [4.69, 9.17) is 11.6 Å². The van der Waals surface area contributed by atoms with E-state index in [1.54, 1.807) is 30.3 Å². The zero-order valence-electron chi connectivity index (χ0n) is 11.3. The van der Waals surface area contributed by atoms with Gasteiger partial charge in [-0.05, 0) is 36.6 Å². The number of hydrogen-bond acceptors (Lipinski definition) is 5. The summed E-state index contributed by atoms with van der Waals surface area (Å²) in [5.74, 6) is -0.668. The minimum Gasteiger partial charge on any atom is -0.465 e. The van der Waals surface area contributed by atoms with Crippen molar-refractivity contribution in [3.63, 3.8) is 0 Å². The van der Waals surface area contributed by atoms with Gasteiger partial charge >= 0.3 is 5.97 Å². The third-order valence-corrected chi connectivity index (χ3v) is 5.13. The van der Waals surface area contributed by atoms with Crippen LogP contribution in [0.4, 0.5) is 5.69 Å². The molecular formula is C14H12ClNO3S2. The first-order chi connectivity index (χ1) is 10.0. The van der Waals surface area contributed by atoms with Crippen molar-refractivity contribution in [1.29, 1.82) is 0 Å². The molecule has 0 saturated heterocycles. The highest BCUT2D eigenvalue weighted by Gasteiger charge is 2.17. The second-order valence-corrected chi connectivity index (χ2v) is 6.53. The molecule has 0 aliphatic rings. The van der Waals surface area contributed by atoms with Crippen molar-refractivity contribution < 1.29 is 14.3 Å². The van der Waals surface area contributed by atoms with E-state index in [2.05, 4.69) is 10.1 Å². The number of carbonyl (C=O) groups is 2. The minimum absolute atomic E-state index is 0.254. The van der Waals surface area contributed by atoms with Crippen molar-refractivity contribution in [2.75, 3.05) is 18.7 Å². The van der Waals surface area contributed by atoms with Crippen molar-refractivity contribution in [3.05, 3.63) is 45.8 Å². The highest BCUT2D eigenvalue weighted by Crippen LogP contribution is 2.35. The molecule has 0 saturated carbocycles. The lowest BCUT2D eigenvalue weighted by atomic mass is 10.2. The zero-order valence-corrected chi connectivity index (χ0v) is 13.7. The Morgan fingerprint density at radius 3 is 2.52 bits per heavy atom. The molecule has 0 aliphatic carbocycles. The second kappa shape index (κ2) is 6.98. The largest absolute Gasteiger partial charge is 0.465 e. The molecular weight excluding hydrogens is 330 g/mol. The van der Waals surface area contributed by atoms with Gasteiger partial charge in [-0.1, -0.05) is 11.6 Å². The molecule has 0 spiro atoms. The van der Waals surface area contributed by atoms with E-state index in [1.807, 2.05) is 6.26 Å². The Balaban J connectivity index is 2.22. The SMILES string of the molecule is COC(=O)c1cc(NC(=O)c2ccc(Cl)cc2)c(SC)s1. The number of rotatable bonds is 4. The van der Waals surface area contributed by atoms with Crippen molar-refractivity contribution in [1.82, 2.24) is 0 Å². The van der Waals surface area contributed by atoms with Gasteiger partial charge in [0.05, 0.1) is 17.0 Å². The first-order valence-corrected chi connectivity index (χ1v) is 8.30. The van der Waals surface area contributed by atoms with E-state index in [0.717, 1.165) is 4.21 Å². The number of benzene rings is 1. The smallest absolute Gasteiger partial charge is 0.348 e. The monoisotopic (exact) mass is 341 g/mol. The van der Waals surface area contributed by atoms with Crippen molar-refractivity contribution >= 4 is 52.3 Å². The first-order valence-electron chi connectivity index (χ1n) is 5.88. The summed E-state index contributed by atoms with van der Waals surface area (Å²) in [5, 5.41) is 3.37. The highest BCUT2D eigenvalue weighted by atomic mass is 35.5. The third-order valence-electron chi connectivity index (χ3n) is 2.62. The Morgan fingerprint density at radius 1 is 1.29 bits per heavy atom. The van der Waals surface area contributed by atoms with Gasteiger partial charge in [-0.15, -0.1) is 23.1 Å². The lowest BCUT2D eigenvalue weighted by Gasteiger charge is -2.05. The topological polar surface area (TPSA) is 55.4 Å². The Labute approximate surface area is 135 Å². The van der Waals surface area contributed by atoms with Crippen LogP contribution in [-0.4, -0.2) is 25.2 Å². The maximum absolute atomic E-state index is 12.2. The zero-order chi connectivity index (χ0) is 15.4. The van der Waals surface area contributed by atoms with Gasteiger partial charge in [-0.2, -0.15) is 0 Å². The predicted octanol–water partition coefficient (Wildman–Crippen LogP) is 4.16. The number of methoxy groups -OCH3 is 1. The number of thioether (sulfide) groups is 1. The fourth-order valence-corrected chi connectivity index (χ4v) is 3.43. The Hall–Kier alpha value is -1.50. The van der Waals surface area contributed by atoms with E-state index in [1.165, 1.54) is 30.2 Å².